The average molecular weight is 346 g/mol. The Morgan fingerprint density at radius 3 is 2.88 bits per heavy atom. The molecule has 3 aromatic rings. The van der Waals surface area contributed by atoms with Gasteiger partial charge in [-0.15, -0.1) is 0 Å². The zero-order valence-corrected chi connectivity index (χ0v) is 14.2. The largest absolute Gasteiger partial charge is 0.326 e. The number of fused-ring (bicyclic) bond motifs is 2. The first-order valence-corrected chi connectivity index (χ1v) is 8.86. The van der Waals surface area contributed by atoms with E-state index in [2.05, 4.69) is 27.6 Å². The lowest BCUT2D eigenvalue weighted by Gasteiger charge is -2.28. The van der Waals surface area contributed by atoms with E-state index in [1.54, 1.807) is 11.1 Å². The summed E-state index contributed by atoms with van der Waals surface area (Å²) < 4.78 is 0. The maximum Gasteiger partial charge on any atom is 0.227 e. The monoisotopic (exact) mass is 346 g/mol. The molecule has 0 aliphatic carbocycles. The summed E-state index contributed by atoms with van der Waals surface area (Å²) in [7, 11) is 0. The van der Waals surface area contributed by atoms with Crippen molar-refractivity contribution in [2.24, 2.45) is 0 Å². The molecule has 26 heavy (non-hydrogen) atoms. The average Bonchev–Trinajstić information content (AvgIpc) is 3.28. The van der Waals surface area contributed by atoms with E-state index in [1.165, 1.54) is 0 Å². The molecule has 2 aliphatic heterocycles. The molecule has 2 amide bonds. The van der Waals surface area contributed by atoms with Gasteiger partial charge < -0.3 is 10.2 Å². The van der Waals surface area contributed by atoms with Crippen LogP contribution in [0.5, 0.6) is 0 Å². The van der Waals surface area contributed by atoms with Crippen molar-refractivity contribution in [3.05, 3.63) is 53.7 Å². The van der Waals surface area contributed by atoms with Gasteiger partial charge in [-0.1, -0.05) is 18.2 Å². The van der Waals surface area contributed by atoms with Crippen LogP contribution in [-0.4, -0.2) is 28.6 Å². The molecule has 0 spiro atoms. The number of hydrogen-bond donors (Lipinski definition) is 2. The number of aromatic amines is 1. The lowest BCUT2D eigenvalue weighted by atomic mass is 9.84. The number of aromatic nitrogens is 2. The predicted molar refractivity (Wildman–Crippen MR) is 99.2 cm³/mol. The quantitative estimate of drug-likeness (QED) is 0.748. The first-order chi connectivity index (χ1) is 12.7. The highest BCUT2D eigenvalue weighted by Crippen LogP contribution is 2.40. The Hall–Kier alpha value is -3.15. The van der Waals surface area contributed by atoms with Crippen LogP contribution in [0.25, 0.3) is 10.9 Å². The molecule has 130 valence electrons. The molecule has 1 aromatic heterocycles. The number of carbonyl (C=O) groups excluding carboxylic acids is 2. The Bertz CT molecular complexity index is 1040. The third-order valence-corrected chi connectivity index (χ3v) is 5.33. The van der Waals surface area contributed by atoms with E-state index in [0.717, 1.165) is 46.4 Å². The predicted octanol–water partition coefficient (Wildman–Crippen LogP) is 3.16. The van der Waals surface area contributed by atoms with E-state index in [1.807, 2.05) is 24.3 Å². The summed E-state index contributed by atoms with van der Waals surface area (Å²) in [6, 6.07) is 12.1. The number of nitrogens with one attached hydrogen (secondary N) is 2. The number of carbonyl (C=O) groups is 2. The molecule has 1 atom stereocenters. The SMILES string of the molecule is O=C1CC(c2ccc3cn[nH]c3c2)c2ccc(N3CCCC3=O)cc2N1. The molecular weight excluding hydrogens is 328 g/mol. The molecule has 3 heterocycles. The molecule has 0 radical (unpaired) electrons. The number of nitrogens with zero attached hydrogens (tertiary/aromatic N) is 2. The standard InChI is InChI=1S/C20H18N4O2/c25-19-10-16(12-3-4-13-11-21-23-17(13)8-12)15-6-5-14(9-18(15)22-19)24-7-1-2-20(24)26/h3-6,8-9,11,16H,1-2,7,10H2,(H,21,23)(H,22,25). The zero-order valence-electron chi connectivity index (χ0n) is 14.2. The molecule has 1 unspecified atom stereocenters. The fraction of sp³-hybridized carbons (Fsp3) is 0.250. The fourth-order valence-corrected chi connectivity index (χ4v) is 4.01. The van der Waals surface area contributed by atoms with Crippen LogP contribution in [0.3, 0.4) is 0 Å². The highest BCUT2D eigenvalue weighted by atomic mass is 16.2. The number of rotatable bonds is 2. The maximum atomic E-state index is 12.3. The Morgan fingerprint density at radius 2 is 2.04 bits per heavy atom. The van der Waals surface area contributed by atoms with Crippen molar-refractivity contribution in [1.82, 2.24) is 10.2 Å². The molecule has 2 aliphatic rings. The van der Waals surface area contributed by atoms with E-state index >= 15 is 0 Å². The Kier molecular flexibility index (Phi) is 3.31. The van der Waals surface area contributed by atoms with Crippen LogP contribution in [0.4, 0.5) is 11.4 Å². The molecule has 6 heteroatoms. The molecule has 2 N–H and O–H groups in total. The van der Waals surface area contributed by atoms with Crippen molar-refractivity contribution in [3.8, 4) is 0 Å². The van der Waals surface area contributed by atoms with Crippen molar-refractivity contribution in [3.63, 3.8) is 0 Å². The van der Waals surface area contributed by atoms with Crippen LogP contribution in [0.2, 0.25) is 0 Å². The van der Waals surface area contributed by atoms with Gasteiger partial charge in [0.15, 0.2) is 0 Å². The fourth-order valence-electron chi connectivity index (χ4n) is 4.01. The highest BCUT2D eigenvalue weighted by Gasteiger charge is 2.29. The van der Waals surface area contributed by atoms with Gasteiger partial charge in [0.2, 0.25) is 11.8 Å². The normalized spacial score (nSPS) is 19.7. The van der Waals surface area contributed by atoms with Gasteiger partial charge in [0, 0.05) is 42.1 Å². The van der Waals surface area contributed by atoms with Gasteiger partial charge >= 0.3 is 0 Å². The van der Waals surface area contributed by atoms with Crippen LogP contribution in [0.1, 0.15) is 36.3 Å². The maximum absolute atomic E-state index is 12.3. The molecule has 6 nitrogen and oxygen atoms in total. The molecule has 0 bridgehead atoms. The van der Waals surface area contributed by atoms with E-state index in [4.69, 9.17) is 0 Å². The number of amides is 2. The highest BCUT2D eigenvalue weighted by molar-refractivity contribution is 5.99. The van der Waals surface area contributed by atoms with Crippen LogP contribution in [0, 0.1) is 0 Å². The number of hydrogen-bond acceptors (Lipinski definition) is 3. The van der Waals surface area contributed by atoms with Crippen LogP contribution in [-0.2, 0) is 9.59 Å². The topological polar surface area (TPSA) is 78.1 Å². The van der Waals surface area contributed by atoms with E-state index in [-0.39, 0.29) is 17.7 Å². The summed E-state index contributed by atoms with van der Waals surface area (Å²) >= 11 is 0. The minimum atomic E-state index is -0.00483. The Morgan fingerprint density at radius 1 is 1.12 bits per heavy atom. The second kappa shape index (κ2) is 5.69. The molecule has 1 fully saturated rings. The first-order valence-electron chi connectivity index (χ1n) is 8.86. The van der Waals surface area contributed by atoms with Crippen molar-refractivity contribution >= 4 is 34.1 Å². The number of H-pyrrole nitrogens is 1. The molecule has 2 aromatic carbocycles. The second-order valence-electron chi connectivity index (χ2n) is 6.94. The van der Waals surface area contributed by atoms with Crippen LogP contribution in [0.15, 0.2) is 42.6 Å². The van der Waals surface area contributed by atoms with Gasteiger partial charge in [-0.05, 0) is 35.7 Å². The van der Waals surface area contributed by atoms with Gasteiger partial charge in [-0.3, -0.25) is 14.7 Å². The lowest BCUT2D eigenvalue weighted by molar-refractivity contribution is -0.117. The van der Waals surface area contributed by atoms with Crippen LogP contribution < -0.4 is 10.2 Å². The summed E-state index contributed by atoms with van der Waals surface area (Å²) in [6.45, 7) is 0.742. The van der Waals surface area contributed by atoms with Gasteiger partial charge in [0.25, 0.3) is 0 Å². The third-order valence-electron chi connectivity index (χ3n) is 5.33. The lowest BCUT2D eigenvalue weighted by Crippen LogP contribution is -2.26. The number of anilines is 2. The Labute approximate surface area is 150 Å². The third kappa shape index (κ3) is 2.37. The molecular formula is C20H18N4O2. The summed E-state index contributed by atoms with van der Waals surface area (Å²) in [5.41, 5.74) is 4.79. The summed E-state index contributed by atoms with van der Waals surface area (Å²) in [5.74, 6) is 0.139. The van der Waals surface area contributed by atoms with Gasteiger partial charge in [-0.25, -0.2) is 0 Å². The van der Waals surface area contributed by atoms with Crippen molar-refractivity contribution in [2.75, 3.05) is 16.8 Å². The molecule has 0 saturated carbocycles. The van der Waals surface area contributed by atoms with Gasteiger partial charge in [-0.2, -0.15) is 5.10 Å². The smallest absolute Gasteiger partial charge is 0.227 e. The zero-order chi connectivity index (χ0) is 17.7. The second-order valence-corrected chi connectivity index (χ2v) is 6.94. The molecule has 1 saturated heterocycles. The van der Waals surface area contributed by atoms with E-state index in [0.29, 0.717) is 12.8 Å². The summed E-state index contributed by atoms with van der Waals surface area (Å²) in [4.78, 5) is 26.1. The van der Waals surface area contributed by atoms with Crippen LogP contribution >= 0.6 is 0 Å². The number of benzene rings is 2. The van der Waals surface area contributed by atoms with E-state index in [9.17, 15) is 9.59 Å². The van der Waals surface area contributed by atoms with Gasteiger partial charge in [0.1, 0.15) is 0 Å². The van der Waals surface area contributed by atoms with Crippen molar-refractivity contribution < 1.29 is 9.59 Å². The van der Waals surface area contributed by atoms with Crippen molar-refractivity contribution in [2.45, 2.75) is 25.2 Å². The first kappa shape index (κ1) is 15.1. The minimum absolute atomic E-state index is 0.00268. The molecule has 5 rings (SSSR count). The summed E-state index contributed by atoms with van der Waals surface area (Å²) in [5, 5.41) is 11.1. The minimum Gasteiger partial charge on any atom is -0.326 e. The van der Waals surface area contributed by atoms with Gasteiger partial charge in [0.05, 0.1) is 11.7 Å². The van der Waals surface area contributed by atoms with E-state index < -0.39 is 0 Å². The Balaban J connectivity index is 1.57. The van der Waals surface area contributed by atoms with Crippen molar-refractivity contribution in [1.29, 1.82) is 0 Å². The summed E-state index contributed by atoms with van der Waals surface area (Å²) in [6.07, 6.45) is 3.68.